The summed E-state index contributed by atoms with van der Waals surface area (Å²) in [6.45, 7) is 0. The van der Waals surface area contributed by atoms with Crippen LogP contribution in [0.5, 0.6) is 0 Å². The molecule has 0 saturated carbocycles. The van der Waals surface area contributed by atoms with Crippen LogP contribution in [0.2, 0.25) is 0 Å². The summed E-state index contributed by atoms with van der Waals surface area (Å²) in [5, 5.41) is 0. The van der Waals surface area contributed by atoms with E-state index in [2.05, 4.69) is 25.7 Å². The Labute approximate surface area is 83.7 Å². The second-order valence-electron chi connectivity index (χ2n) is 1.70. The van der Waals surface area contributed by atoms with Crippen molar-refractivity contribution in [1.82, 2.24) is 4.98 Å². The van der Waals surface area contributed by atoms with E-state index >= 15 is 0 Å². The van der Waals surface area contributed by atoms with E-state index in [0.29, 0.717) is 0 Å². The Hall–Kier alpha value is -0.970. The lowest BCUT2D eigenvalue weighted by atomic mass is 10.3. The maximum absolute atomic E-state index is 13.1. The highest BCUT2D eigenvalue weighted by Gasteiger charge is 2.09. The molecule has 0 aromatic carbocycles. The summed E-state index contributed by atoms with van der Waals surface area (Å²) in [4.78, 5) is 14.3. The average Bonchev–Trinajstić information content (AvgIpc) is 2.17. The predicted octanol–water partition coefficient (Wildman–Crippen LogP) is 1.77. The molecule has 3 nitrogen and oxygen atoms in total. The minimum absolute atomic E-state index is 0.382. The molecule has 0 aliphatic heterocycles. The Kier molecular flexibility index (Phi) is 1.30. The topological polar surface area (TPSA) is 39.2 Å². The molecule has 1 aromatic heterocycles. The van der Waals surface area contributed by atoms with E-state index in [1.165, 1.54) is 0 Å². The third kappa shape index (κ3) is 1.79. The van der Waals surface area contributed by atoms with Crippen LogP contribution in [0, 0.1) is 5.95 Å². The van der Waals surface area contributed by atoms with Gasteiger partial charge in [0.1, 0.15) is 0 Å². The fourth-order valence-electron chi connectivity index (χ4n) is 0.486. The molecule has 0 radical (unpaired) electrons. The number of rotatable bonds is 1. The number of methoxy groups -OCH3 is 1. The minimum Gasteiger partial charge on any atom is -0.464 e. The molecule has 1 heterocycles. The maximum Gasteiger partial charge on any atom is 0.356 e. The zero-order valence-corrected chi connectivity index (χ0v) is 7.11. The number of aromatic nitrogens is 1. The van der Waals surface area contributed by atoms with Crippen molar-refractivity contribution < 1.29 is 20.8 Å². The van der Waals surface area contributed by atoms with Crippen LogP contribution in [-0.2, 0) is 4.74 Å². The number of ether oxygens (including phenoxy) is 1. The Bertz CT molecular complexity index is 478. The molecule has 0 N–H and O–H groups in total. The van der Waals surface area contributed by atoms with E-state index in [-0.39, 0.29) is 4.47 Å². The Morgan fingerprint density at radius 1 is 1.92 bits per heavy atom. The van der Waals surface area contributed by atoms with Crippen LogP contribution in [0.1, 0.15) is 17.3 Å². The highest BCUT2D eigenvalue weighted by molar-refractivity contribution is 9.10. The monoisotopic (exact) mass is 238 g/mol. The molecule has 12 heavy (non-hydrogen) atoms. The molecule has 0 amide bonds. The van der Waals surface area contributed by atoms with E-state index < -0.39 is 36.7 Å². The first kappa shape index (κ1) is 4.32. The molecular weight excluding hydrogens is 229 g/mol. The van der Waals surface area contributed by atoms with E-state index in [4.69, 9.17) is 6.85 Å². The fourth-order valence-corrected chi connectivity index (χ4v) is 0.674. The smallest absolute Gasteiger partial charge is 0.356 e. The van der Waals surface area contributed by atoms with Gasteiger partial charge in [0.25, 0.3) is 0 Å². The van der Waals surface area contributed by atoms with Crippen LogP contribution < -0.4 is 0 Å². The third-order valence-corrected chi connectivity index (χ3v) is 1.49. The summed E-state index contributed by atoms with van der Waals surface area (Å²) < 4.78 is 51.4. The van der Waals surface area contributed by atoms with E-state index in [0.717, 1.165) is 0 Å². The van der Waals surface area contributed by atoms with Crippen LogP contribution >= 0.6 is 15.9 Å². The second kappa shape index (κ2) is 3.62. The highest BCUT2D eigenvalue weighted by Crippen LogP contribution is 2.13. The van der Waals surface area contributed by atoms with Gasteiger partial charge in [0.15, 0.2) is 5.69 Å². The first-order chi connectivity index (χ1) is 7.63. The zero-order valence-electron chi connectivity index (χ0n) is 10.5. The van der Waals surface area contributed by atoms with Crippen molar-refractivity contribution in [3.63, 3.8) is 0 Å². The van der Waals surface area contributed by atoms with Crippen molar-refractivity contribution >= 4 is 21.9 Å². The lowest BCUT2D eigenvalue weighted by Crippen LogP contribution is -2.05. The van der Waals surface area contributed by atoms with Crippen LogP contribution in [0.4, 0.5) is 4.39 Å². The number of pyridine rings is 1. The summed E-state index contributed by atoms with van der Waals surface area (Å²) in [5.41, 5.74) is -0.855. The molecule has 0 aliphatic carbocycles. The van der Waals surface area contributed by atoms with Crippen molar-refractivity contribution in [1.29, 1.82) is 0 Å². The van der Waals surface area contributed by atoms with Gasteiger partial charge in [-0.1, -0.05) is 0 Å². The summed E-state index contributed by atoms with van der Waals surface area (Å²) in [6, 6.07) is -1.33. The number of esters is 1. The molecule has 0 unspecified atom stereocenters. The Balaban J connectivity index is 3.20. The lowest BCUT2D eigenvalue weighted by Gasteiger charge is -1.98. The quantitative estimate of drug-likeness (QED) is 0.553. The van der Waals surface area contributed by atoms with Gasteiger partial charge in [-0.25, -0.2) is 9.78 Å². The van der Waals surface area contributed by atoms with E-state index in [1.54, 1.807) is 0 Å². The largest absolute Gasteiger partial charge is 0.464 e. The second-order valence-corrected chi connectivity index (χ2v) is 2.50. The van der Waals surface area contributed by atoms with Crippen molar-refractivity contribution in [2.24, 2.45) is 0 Å². The molecular formula is C7H5BrFNO2. The molecule has 0 fully saturated rings. The number of hydrogen-bond donors (Lipinski definition) is 0. The molecule has 5 heteroatoms. The van der Waals surface area contributed by atoms with Gasteiger partial charge in [0, 0.05) is 0 Å². The van der Waals surface area contributed by atoms with E-state index in [1.807, 2.05) is 0 Å². The first-order valence-electron chi connectivity index (χ1n) is 5.19. The van der Waals surface area contributed by atoms with Gasteiger partial charge < -0.3 is 4.74 Å². The Morgan fingerprint density at radius 3 is 3.33 bits per heavy atom. The van der Waals surface area contributed by atoms with Crippen LogP contribution in [-0.4, -0.2) is 18.0 Å². The van der Waals surface area contributed by atoms with E-state index in [9.17, 15) is 9.18 Å². The normalized spacial score (nSPS) is 16.7. The fraction of sp³-hybridized carbons (Fsp3) is 0.143. The van der Waals surface area contributed by atoms with Gasteiger partial charge in [-0.3, -0.25) is 0 Å². The first-order valence-corrected chi connectivity index (χ1v) is 3.48. The zero-order chi connectivity index (χ0) is 13.4. The molecule has 0 spiro atoms. The molecule has 64 valence electrons. The van der Waals surface area contributed by atoms with Crippen LogP contribution in [0.15, 0.2) is 16.6 Å². The van der Waals surface area contributed by atoms with Gasteiger partial charge in [0.05, 0.1) is 18.4 Å². The SMILES string of the molecule is [2H]c1c(C(=O)OC([2H])([2H])[2H])nc(F)c(Br)c1[2H]. The molecule has 0 atom stereocenters. The third-order valence-electron chi connectivity index (χ3n) is 0.968. The standard InChI is InChI=1S/C7H5BrFNO2/c1-12-7(11)5-3-2-4(8)6(9)10-5/h2-3H,1H3/i1D3,2D,3D. The molecule has 1 aromatic rings. The van der Waals surface area contributed by atoms with Crippen molar-refractivity contribution in [3.8, 4) is 0 Å². The maximum atomic E-state index is 13.1. The van der Waals surface area contributed by atoms with Crippen LogP contribution in [0.25, 0.3) is 0 Å². The molecule has 0 saturated heterocycles. The van der Waals surface area contributed by atoms with Crippen molar-refractivity contribution in [2.45, 2.75) is 0 Å². The Morgan fingerprint density at radius 2 is 2.67 bits per heavy atom. The summed E-state index contributed by atoms with van der Waals surface area (Å²) in [7, 11) is -3.02. The van der Waals surface area contributed by atoms with Crippen molar-refractivity contribution in [3.05, 3.63) is 28.2 Å². The number of hydrogen-bond acceptors (Lipinski definition) is 3. The number of halogens is 2. The number of carbonyl (C=O) groups is 1. The number of nitrogens with zero attached hydrogens (tertiary/aromatic N) is 1. The predicted molar refractivity (Wildman–Crippen MR) is 43.2 cm³/mol. The van der Waals surface area contributed by atoms with Crippen molar-refractivity contribution in [2.75, 3.05) is 7.04 Å². The molecule has 0 aliphatic rings. The summed E-state index contributed by atoms with van der Waals surface area (Å²) in [5.74, 6) is -2.67. The highest BCUT2D eigenvalue weighted by atomic mass is 79.9. The van der Waals surface area contributed by atoms with Gasteiger partial charge >= 0.3 is 5.97 Å². The average molecular weight is 239 g/mol. The summed E-state index contributed by atoms with van der Waals surface area (Å²) >= 11 is 2.67. The van der Waals surface area contributed by atoms with Gasteiger partial charge in [-0.15, -0.1) is 0 Å². The minimum atomic E-state index is -3.02. The van der Waals surface area contributed by atoms with Gasteiger partial charge in [-0.2, -0.15) is 4.39 Å². The molecule has 0 bridgehead atoms. The van der Waals surface area contributed by atoms with Gasteiger partial charge in [0.2, 0.25) is 5.95 Å². The van der Waals surface area contributed by atoms with Gasteiger partial charge in [-0.05, 0) is 28.0 Å². The van der Waals surface area contributed by atoms with Crippen LogP contribution in [0.3, 0.4) is 0 Å². The summed E-state index contributed by atoms with van der Waals surface area (Å²) in [6.07, 6.45) is 0. The number of carbonyl (C=O) groups excluding carboxylic acids is 1. The molecule has 1 rings (SSSR count). The lowest BCUT2D eigenvalue weighted by molar-refractivity contribution is 0.0592.